The molecule has 0 saturated carbocycles. The average Bonchev–Trinajstić information content (AvgIpc) is 2.47. The third kappa shape index (κ3) is 3.38. The fraction of sp³-hybridized carbons (Fsp3) is 0. The van der Waals surface area contributed by atoms with Crippen LogP contribution < -0.4 is 4.72 Å². The van der Waals surface area contributed by atoms with Gasteiger partial charge in [0.1, 0.15) is 0 Å². The molecule has 0 bridgehead atoms. The van der Waals surface area contributed by atoms with Gasteiger partial charge in [0.05, 0.1) is 21.1 Å². The molecule has 0 radical (unpaired) electrons. The molecular formula is C13H10N2O6S. The maximum absolute atomic E-state index is 12.2. The van der Waals surface area contributed by atoms with E-state index in [0.717, 1.165) is 12.1 Å². The van der Waals surface area contributed by atoms with Crippen LogP contribution in [0.25, 0.3) is 0 Å². The van der Waals surface area contributed by atoms with Crippen molar-refractivity contribution in [3.05, 3.63) is 64.2 Å². The molecule has 0 aliphatic rings. The number of benzene rings is 2. The van der Waals surface area contributed by atoms with E-state index in [4.69, 9.17) is 5.11 Å². The van der Waals surface area contributed by atoms with Gasteiger partial charge >= 0.3 is 5.97 Å². The van der Waals surface area contributed by atoms with Crippen LogP contribution in [-0.2, 0) is 10.0 Å². The fourth-order valence-electron chi connectivity index (χ4n) is 1.69. The molecule has 0 amide bonds. The average molecular weight is 322 g/mol. The van der Waals surface area contributed by atoms with E-state index in [1.54, 1.807) is 0 Å². The van der Waals surface area contributed by atoms with Gasteiger partial charge in [-0.2, -0.15) is 0 Å². The Morgan fingerprint density at radius 3 is 2.45 bits per heavy atom. The lowest BCUT2D eigenvalue weighted by molar-refractivity contribution is -0.384. The Kier molecular flexibility index (Phi) is 4.08. The number of nitro groups is 1. The van der Waals surface area contributed by atoms with Crippen molar-refractivity contribution in [1.29, 1.82) is 0 Å². The summed E-state index contributed by atoms with van der Waals surface area (Å²) in [6.45, 7) is 0. The van der Waals surface area contributed by atoms with Crippen molar-refractivity contribution < 1.29 is 23.2 Å². The highest BCUT2D eigenvalue weighted by Gasteiger charge is 2.17. The van der Waals surface area contributed by atoms with Crippen molar-refractivity contribution in [1.82, 2.24) is 0 Å². The second-order valence-electron chi connectivity index (χ2n) is 4.25. The molecule has 2 N–H and O–H groups in total. The normalized spacial score (nSPS) is 10.9. The Bertz CT molecular complexity index is 847. The van der Waals surface area contributed by atoms with Gasteiger partial charge in [-0.15, -0.1) is 0 Å². The van der Waals surface area contributed by atoms with Crippen LogP contribution in [0.15, 0.2) is 53.4 Å². The largest absolute Gasteiger partial charge is 0.478 e. The second kappa shape index (κ2) is 5.82. The van der Waals surface area contributed by atoms with E-state index in [0.29, 0.717) is 0 Å². The number of anilines is 1. The molecule has 22 heavy (non-hydrogen) atoms. The molecule has 0 atom stereocenters. The molecule has 8 nitrogen and oxygen atoms in total. The number of sulfonamides is 1. The highest BCUT2D eigenvalue weighted by Crippen LogP contribution is 2.21. The van der Waals surface area contributed by atoms with Crippen molar-refractivity contribution in [2.24, 2.45) is 0 Å². The highest BCUT2D eigenvalue weighted by molar-refractivity contribution is 7.92. The van der Waals surface area contributed by atoms with Crippen LogP contribution >= 0.6 is 0 Å². The van der Waals surface area contributed by atoms with Gasteiger partial charge in [0.2, 0.25) is 0 Å². The number of carboxylic acids is 1. The zero-order valence-corrected chi connectivity index (χ0v) is 11.8. The molecule has 0 spiro atoms. The standard InChI is InChI=1S/C13H10N2O6S/c16-13(17)9-3-1-6-12(7-9)22(20,21)14-10-4-2-5-11(8-10)15(18)19/h1-8,14H,(H,16,17). The SMILES string of the molecule is O=C(O)c1cccc(S(=O)(=O)Nc2cccc([N+](=O)[O-])c2)c1. The number of non-ortho nitro benzene ring substituents is 1. The number of nitrogens with one attached hydrogen (secondary N) is 1. The lowest BCUT2D eigenvalue weighted by Gasteiger charge is -2.08. The molecule has 2 aromatic rings. The summed E-state index contributed by atoms with van der Waals surface area (Å²) in [6, 6.07) is 9.77. The minimum absolute atomic E-state index is 0.00919. The molecule has 2 aromatic carbocycles. The summed E-state index contributed by atoms with van der Waals surface area (Å²) >= 11 is 0. The van der Waals surface area contributed by atoms with E-state index in [-0.39, 0.29) is 21.8 Å². The molecule has 114 valence electrons. The van der Waals surface area contributed by atoms with Crippen LogP contribution in [0.1, 0.15) is 10.4 Å². The molecule has 0 fully saturated rings. The number of nitro benzene ring substituents is 1. The van der Waals surface area contributed by atoms with Gasteiger partial charge in [0.15, 0.2) is 0 Å². The summed E-state index contributed by atoms with van der Waals surface area (Å²) in [7, 11) is -4.05. The van der Waals surface area contributed by atoms with Crippen molar-refractivity contribution in [2.75, 3.05) is 4.72 Å². The van der Waals surface area contributed by atoms with Crippen molar-refractivity contribution >= 4 is 27.4 Å². The van der Waals surface area contributed by atoms with Gasteiger partial charge < -0.3 is 5.11 Å². The number of carbonyl (C=O) groups is 1. The van der Waals surface area contributed by atoms with Crippen molar-refractivity contribution in [3.63, 3.8) is 0 Å². The van der Waals surface area contributed by atoms with Gasteiger partial charge in [0.25, 0.3) is 15.7 Å². The van der Waals surface area contributed by atoms with E-state index in [9.17, 15) is 23.3 Å². The second-order valence-corrected chi connectivity index (χ2v) is 5.93. The quantitative estimate of drug-likeness (QED) is 0.641. The first-order valence-corrected chi connectivity index (χ1v) is 7.38. The zero-order chi connectivity index (χ0) is 16.3. The lowest BCUT2D eigenvalue weighted by atomic mass is 10.2. The molecule has 2 rings (SSSR count). The lowest BCUT2D eigenvalue weighted by Crippen LogP contribution is -2.13. The highest BCUT2D eigenvalue weighted by atomic mass is 32.2. The van der Waals surface area contributed by atoms with Crippen LogP contribution in [0.3, 0.4) is 0 Å². The van der Waals surface area contributed by atoms with E-state index in [1.807, 2.05) is 0 Å². The molecular weight excluding hydrogens is 312 g/mol. The molecule has 9 heteroatoms. The summed E-state index contributed by atoms with van der Waals surface area (Å²) in [5.41, 5.74) is -0.434. The molecule has 0 aliphatic heterocycles. The molecule has 0 heterocycles. The van der Waals surface area contributed by atoms with Crippen LogP contribution in [0.4, 0.5) is 11.4 Å². The van der Waals surface area contributed by atoms with Gasteiger partial charge in [0, 0.05) is 12.1 Å². The maximum Gasteiger partial charge on any atom is 0.335 e. The van der Waals surface area contributed by atoms with Crippen LogP contribution in [0.2, 0.25) is 0 Å². The minimum atomic E-state index is -4.05. The fourth-order valence-corrected chi connectivity index (χ4v) is 2.79. The summed E-state index contributed by atoms with van der Waals surface area (Å²) in [4.78, 5) is 20.6. The number of rotatable bonds is 5. The summed E-state index contributed by atoms with van der Waals surface area (Å²) in [6.07, 6.45) is 0. The third-order valence-electron chi connectivity index (χ3n) is 2.70. The summed E-state index contributed by atoms with van der Waals surface area (Å²) < 4.78 is 26.5. The molecule has 0 saturated heterocycles. The Morgan fingerprint density at radius 2 is 1.82 bits per heavy atom. The minimum Gasteiger partial charge on any atom is -0.478 e. The predicted molar refractivity (Wildman–Crippen MR) is 77.3 cm³/mol. The Hall–Kier alpha value is -2.94. The van der Waals surface area contributed by atoms with Crippen molar-refractivity contribution in [2.45, 2.75) is 4.90 Å². The molecule has 0 unspecified atom stereocenters. The smallest absolute Gasteiger partial charge is 0.335 e. The topological polar surface area (TPSA) is 127 Å². The Balaban J connectivity index is 2.35. The van der Waals surface area contributed by atoms with Crippen molar-refractivity contribution in [3.8, 4) is 0 Å². The summed E-state index contributed by atoms with van der Waals surface area (Å²) in [5, 5.41) is 19.5. The van der Waals surface area contributed by atoms with Gasteiger partial charge in [-0.1, -0.05) is 12.1 Å². The number of hydrogen-bond acceptors (Lipinski definition) is 5. The van der Waals surface area contributed by atoms with Crippen LogP contribution in [0, 0.1) is 10.1 Å². The first-order valence-electron chi connectivity index (χ1n) is 5.90. The first kappa shape index (κ1) is 15.4. The predicted octanol–water partition coefficient (Wildman–Crippen LogP) is 2.09. The monoisotopic (exact) mass is 322 g/mol. The maximum atomic E-state index is 12.2. The van der Waals surface area contributed by atoms with E-state index in [1.165, 1.54) is 36.4 Å². The molecule has 0 aromatic heterocycles. The van der Waals surface area contributed by atoms with Crippen LogP contribution in [-0.4, -0.2) is 24.4 Å². The zero-order valence-electron chi connectivity index (χ0n) is 11.0. The Labute approximate surface area is 125 Å². The number of nitrogens with zero attached hydrogens (tertiary/aromatic N) is 1. The summed E-state index contributed by atoms with van der Waals surface area (Å²) in [5.74, 6) is -1.26. The third-order valence-corrected chi connectivity index (χ3v) is 4.08. The first-order chi connectivity index (χ1) is 10.3. The number of aromatic carboxylic acids is 1. The van der Waals surface area contributed by atoms with Gasteiger partial charge in [-0.3, -0.25) is 14.8 Å². The number of carboxylic acid groups (broad SMARTS) is 1. The van der Waals surface area contributed by atoms with Gasteiger partial charge in [-0.25, -0.2) is 13.2 Å². The van der Waals surface area contributed by atoms with E-state index >= 15 is 0 Å². The van der Waals surface area contributed by atoms with Crippen LogP contribution in [0.5, 0.6) is 0 Å². The van der Waals surface area contributed by atoms with E-state index < -0.39 is 20.9 Å². The van der Waals surface area contributed by atoms with Gasteiger partial charge in [-0.05, 0) is 24.3 Å². The van der Waals surface area contributed by atoms with E-state index in [2.05, 4.69) is 4.72 Å². The molecule has 0 aliphatic carbocycles. The Morgan fingerprint density at radius 1 is 1.14 bits per heavy atom. The number of hydrogen-bond donors (Lipinski definition) is 2.